The Hall–Kier alpha value is -6.42. The fraction of sp³-hybridized carbons (Fsp3) is 0.0698. The number of halogens is 2. The smallest absolute Gasteiger partial charge is 0.345 e. The van der Waals surface area contributed by atoms with Gasteiger partial charge in [-0.1, -0.05) is 77.8 Å². The number of hydrazone groups is 1. The number of hydrogen-bond acceptors (Lipinski definition) is 8. The number of nitrogens with zero attached hydrogens (tertiary/aromatic N) is 2. The molecular weight excluding hydrogens is 727 g/mol. The van der Waals surface area contributed by atoms with Crippen LogP contribution in [0.3, 0.4) is 0 Å². The lowest BCUT2D eigenvalue weighted by atomic mass is 9.75. The molecule has 8 rings (SSSR count). The van der Waals surface area contributed by atoms with E-state index in [-0.39, 0.29) is 38.6 Å². The first-order valence-electron chi connectivity index (χ1n) is 16.9. The standard InChI is InChI=1S/C43H28Cl2N2O7/c1-2-51-27-19-21-33-38(23-27)53-39-24-28(52-41(49)30-13-5-8-16-35(30)44)20-22-34(39)43(33)32-15-7-4-12-29(32)40(48)47(43)46-25-26-11-3-10-18-37(26)54-42(50)31-14-6-9-17-36(31)45/h3-25H,2H2,1H3/b46-25+. The van der Waals surface area contributed by atoms with Crippen LogP contribution in [0.5, 0.6) is 28.7 Å². The summed E-state index contributed by atoms with van der Waals surface area (Å²) in [7, 11) is 0. The molecule has 0 saturated carbocycles. The summed E-state index contributed by atoms with van der Waals surface area (Å²) in [5, 5.41) is 6.76. The van der Waals surface area contributed by atoms with Crippen molar-refractivity contribution in [3.63, 3.8) is 0 Å². The van der Waals surface area contributed by atoms with Crippen LogP contribution in [0.1, 0.15) is 60.3 Å². The largest absolute Gasteiger partial charge is 0.494 e. The van der Waals surface area contributed by atoms with Gasteiger partial charge in [-0.2, -0.15) is 5.10 Å². The van der Waals surface area contributed by atoms with Gasteiger partial charge in [0.05, 0.1) is 34.0 Å². The molecular formula is C43H28Cl2N2O7. The van der Waals surface area contributed by atoms with E-state index in [9.17, 15) is 14.4 Å². The normalized spacial score (nSPS) is 15.3. The Morgan fingerprint density at radius 1 is 0.704 bits per heavy atom. The van der Waals surface area contributed by atoms with Crippen molar-refractivity contribution in [1.82, 2.24) is 5.01 Å². The van der Waals surface area contributed by atoms with Gasteiger partial charge in [-0.05, 0) is 73.7 Å². The molecule has 1 unspecified atom stereocenters. The van der Waals surface area contributed by atoms with Gasteiger partial charge in [0.25, 0.3) is 5.91 Å². The SMILES string of the molecule is CCOc1ccc2c(c1)Oc1cc(OC(=O)c3ccccc3Cl)ccc1C21c2ccccc2C(=O)N1/N=C/c1ccccc1OC(=O)c1ccccc1Cl. The molecule has 9 nitrogen and oxygen atoms in total. The molecule has 0 fully saturated rings. The van der Waals surface area contributed by atoms with Gasteiger partial charge in [-0.25, -0.2) is 14.6 Å². The highest BCUT2D eigenvalue weighted by Crippen LogP contribution is 2.58. The lowest BCUT2D eigenvalue weighted by Crippen LogP contribution is -2.44. The summed E-state index contributed by atoms with van der Waals surface area (Å²) in [6.45, 7) is 2.30. The number of ether oxygens (including phenoxy) is 4. The van der Waals surface area contributed by atoms with Gasteiger partial charge in [0, 0.05) is 39.9 Å². The third-order valence-corrected chi connectivity index (χ3v) is 9.77. The number of benzene rings is 6. The maximum atomic E-state index is 14.5. The molecule has 2 aliphatic rings. The van der Waals surface area contributed by atoms with Crippen molar-refractivity contribution in [2.75, 3.05) is 6.61 Å². The average Bonchev–Trinajstić information content (AvgIpc) is 3.42. The third-order valence-electron chi connectivity index (χ3n) is 9.11. The van der Waals surface area contributed by atoms with Gasteiger partial charge in [0.15, 0.2) is 0 Å². The van der Waals surface area contributed by atoms with Crippen LogP contribution in [-0.2, 0) is 5.54 Å². The lowest BCUT2D eigenvalue weighted by molar-refractivity contribution is 0.0672. The second-order valence-electron chi connectivity index (χ2n) is 12.2. The van der Waals surface area contributed by atoms with Crippen molar-refractivity contribution in [2.45, 2.75) is 12.5 Å². The molecule has 11 heteroatoms. The van der Waals surface area contributed by atoms with E-state index < -0.39 is 17.5 Å². The Morgan fingerprint density at radius 3 is 1.96 bits per heavy atom. The molecule has 0 N–H and O–H groups in total. The van der Waals surface area contributed by atoms with Crippen LogP contribution in [0.4, 0.5) is 0 Å². The number of para-hydroxylation sites is 1. The van der Waals surface area contributed by atoms with Crippen LogP contribution in [0, 0.1) is 0 Å². The molecule has 0 bridgehead atoms. The van der Waals surface area contributed by atoms with Crippen LogP contribution < -0.4 is 18.9 Å². The van der Waals surface area contributed by atoms with E-state index in [1.807, 2.05) is 31.2 Å². The number of rotatable bonds is 8. The van der Waals surface area contributed by atoms with Crippen molar-refractivity contribution in [3.8, 4) is 28.7 Å². The van der Waals surface area contributed by atoms with Crippen molar-refractivity contribution in [2.24, 2.45) is 5.10 Å². The maximum absolute atomic E-state index is 14.5. The molecule has 2 aliphatic heterocycles. The second kappa shape index (κ2) is 14.2. The molecule has 54 heavy (non-hydrogen) atoms. The summed E-state index contributed by atoms with van der Waals surface area (Å²) < 4.78 is 23.9. The Bertz CT molecular complexity index is 2520. The first-order chi connectivity index (χ1) is 26.3. The van der Waals surface area contributed by atoms with E-state index in [0.29, 0.717) is 51.7 Å². The molecule has 266 valence electrons. The fourth-order valence-corrected chi connectivity index (χ4v) is 7.17. The van der Waals surface area contributed by atoms with Crippen molar-refractivity contribution in [1.29, 1.82) is 0 Å². The van der Waals surface area contributed by atoms with Gasteiger partial charge in [-0.15, -0.1) is 0 Å². The predicted octanol–water partition coefficient (Wildman–Crippen LogP) is 9.72. The van der Waals surface area contributed by atoms with Crippen LogP contribution >= 0.6 is 23.2 Å². The zero-order valence-electron chi connectivity index (χ0n) is 28.5. The first kappa shape index (κ1) is 34.7. The van der Waals surface area contributed by atoms with Gasteiger partial charge in [0.1, 0.15) is 34.3 Å². The van der Waals surface area contributed by atoms with Gasteiger partial charge >= 0.3 is 11.9 Å². The number of carbonyl (C=O) groups is 3. The number of esters is 2. The molecule has 2 heterocycles. The fourth-order valence-electron chi connectivity index (χ4n) is 6.75. The Balaban J connectivity index is 1.26. The highest BCUT2D eigenvalue weighted by Gasteiger charge is 2.57. The minimum atomic E-state index is -1.35. The molecule has 6 aromatic rings. The monoisotopic (exact) mass is 754 g/mol. The van der Waals surface area contributed by atoms with E-state index in [2.05, 4.69) is 0 Å². The van der Waals surface area contributed by atoms with Crippen LogP contribution in [0.15, 0.2) is 139 Å². The molecule has 0 aromatic heterocycles. The number of amides is 1. The van der Waals surface area contributed by atoms with Crippen molar-refractivity contribution >= 4 is 47.3 Å². The van der Waals surface area contributed by atoms with E-state index >= 15 is 0 Å². The topological polar surface area (TPSA) is 104 Å². The summed E-state index contributed by atoms with van der Waals surface area (Å²) >= 11 is 12.6. The van der Waals surface area contributed by atoms with Crippen LogP contribution in [-0.4, -0.2) is 35.7 Å². The van der Waals surface area contributed by atoms with E-state index in [4.69, 9.17) is 47.3 Å². The summed E-state index contributed by atoms with van der Waals surface area (Å²) in [6, 6.07) is 37.7. The molecule has 1 spiro atoms. The number of carbonyl (C=O) groups excluding carboxylic acids is 3. The van der Waals surface area contributed by atoms with E-state index in [1.165, 1.54) is 11.2 Å². The molecule has 0 aliphatic carbocycles. The average molecular weight is 756 g/mol. The van der Waals surface area contributed by atoms with E-state index in [1.54, 1.807) is 109 Å². The molecule has 1 amide bonds. The molecule has 1 atom stereocenters. The number of hydrogen-bond donors (Lipinski definition) is 0. The summed E-state index contributed by atoms with van der Waals surface area (Å²) in [6.07, 6.45) is 1.48. The summed E-state index contributed by atoms with van der Waals surface area (Å²) in [5.74, 6) is 0.00910. The Morgan fingerprint density at radius 2 is 1.28 bits per heavy atom. The van der Waals surface area contributed by atoms with Crippen molar-refractivity contribution in [3.05, 3.63) is 182 Å². The maximum Gasteiger partial charge on any atom is 0.345 e. The van der Waals surface area contributed by atoms with Gasteiger partial charge in [-0.3, -0.25) is 4.79 Å². The molecule has 0 radical (unpaired) electrons. The second-order valence-corrected chi connectivity index (χ2v) is 13.1. The third kappa shape index (κ3) is 5.93. The highest BCUT2D eigenvalue weighted by atomic mass is 35.5. The van der Waals surface area contributed by atoms with E-state index in [0.717, 1.165) is 0 Å². The van der Waals surface area contributed by atoms with Crippen molar-refractivity contribution < 1.29 is 33.3 Å². The zero-order chi connectivity index (χ0) is 37.4. The Kier molecular flexibility index (Phi) is 9.11. The zero-order valence-corrected chi connectivity index (χ0v) is 30.0. The van der Waals surface area contributed by atoms with Crippen LogP contribution in [0.2, 0.25) is 10.0 Å². The minimum Gasteiger partial charge on any atom is -0.494 e. The predicted molar refractivity (Wildman–Crippen MR) is 203 cm³/mol. The molecule has 0 saturated heterocycles. The number of fused-ring (bicyclic) bond motifs is 6. The van der Waals surface area contributed by atoms with Gasteiger partial charge < -0.3 is 18.9 Å². The minimum absolute atomic E-state index is 0.195. The quantitative estimate of drug-likeness (QED) is 0.0866. The van der Waals surface area contributed by atoms with Crippen LogP contribution in [0.25, 0.3) is 0 Å². The Labute approximate surface area is 319 Å². The molecule has 6 aromatic carbocycles. The highest BCUT2D eigenvalue weighted by molar-refractivity contribution is 6.34. The van der Waals surface area contributed by atoms with Gasteiger partial charge in [0.2, 0.25) is 0 Å². The summed E-state index contributed by atoms with van der Waals surface area (Å²) in [4.78, 5) is 40.8. The first-order valence-corrected chi connectivity index (χ1v) is 17.7. The summed E-state index contributed by atoms with van der Waals surface area (Å²) in [5.41, 5.74) is 1.74. The lowest BCUT2D eigenvalue weighted by Gasteiger charge is -2.41.